The fourth-order valence-corrected chi connectivity index (χ4v) is 2.20. The first-order chi connectivity index (χ1) is 9.58. The number of carbonyl (C=O) groups is 1. The Morgan fingerprint density at radius 3 is 2.50 bits per heavy atom. The van der Waals surface area contributed by atoms with E-state index in [9.17, 15) is 9.90 Å². The largest absolute Gasteiger partial charge is 0.478 e. The van der Waals surface area contributed by atoms with Crippen LogP contribution < -0.4 is 0 Å². The number of aromatic carboxylic acids is 1. The van der Waals surface area contributed by atoms with E-state index < -0.39 is 5.97 Å². The highest BCUT2D eigenvalue weighted by Crippen LogP contribution is 2.16. The summed E-state index contributed by atoms with van der Waals surface area (Å²) in [4.78, 5) is 13.4. The van der Waals surface area contributed by atoms with E-state index in [0.717, 1.165) is 24.3 Å². The van der Waals surface area contributed by atoms with Gasteiger partial charge in [-0.25, -0.2) is 4.79 Å². The zero-order valence-corrected chi connectivity index (χ0v) is 11.9. The Kier molecular flexibility index (Phi) is 4.58. The Morgan fingerprint density at radius 1 is 1.20 bits per heavy atom. The molecule has 106 valence electrons. The van der Waals surface area contributed by atoms with Crippen molar-refractivity contribution in [1.29, 1.82) is 0 Å². The summed E-state index contributed by atoms with van der Waals surface area (Å²) >= 11 is 0. The van der Waals surface area contributed by atoms with Gasteiger partial charge in [0.25, 0.3) is 0 Å². The Morgan fingerprint density at radius 2 is 1.90 bits per heavy atom. The van der Waals surface area contributed by atoms with E-state index in [0.29, 0.717) is 12.0 Å². The van der Waals surface area contributed by atoms with Crippen LogP contribution in [0.4, 0.5) is 0 Å². The van der Waals surface area contributed by atoms with Gasteiger partial charge >= 0.3 is 5.97 Å². The SMILES string of the molecule is CN(C)CCn1ccc(C(=O)O)c1Cc1ccccc1. The highest BCUT2D eigenvalue weighted by molar-refractivity contribution is 5.89. The van der Waals surface area contributed by atoms with Crippen LogP contribution in [0.25, 0.3) is 0 Å². The van der Waals surface area contributed by atoms with Gasteiger partial charge in [-0.15, -0.1) is 0 Å². The summed E-state index contributed by atoms with van der Waals surface area (Å²) in [6, 6.07) is 11.7. The van der Waals surface area contributed by atoms with Crippen LogP contribution in [0.1, 0.15) is 21.6 Å². The summed E-state index contributed by atoms with van der Waals surface area (Å²) < 4.78 is 2.04. The molecule has 0 saturated heterocycles. The van der Waals surface area contributed by atoms with Crippen molar-refractivity contribution in [3.63, 3.8) is 0 Å². The second-order valence-electron chi connectivity index (χ2n) is 5.14. The average molecular weight is 272 g/mol. The summed E-state index contributed by atoms with van der Waals surface area (Å²) in [6.45, 7) is 1.68. The number of hydrogen-bond donors (Lipinski definition) is 1. The average Bonchev–Trinajstić information content (AvgIpc) is 2.80. The van der Waals surface area contributed by atoms with E-state index in [4.69, 9.17) is 0 Å². The number of carboxylic acid groups (broad SMARTS) is 1. The number of benzene rings is 1. The number of rotatable bonds is 6. The monoisotopic (exact) mass is 272 g/mol. The van der Waals surface area contributed by atoms with Gasteiger partial charge in [0, 0.05) is 31.4 Å². The number of hydrogen-bond acceptors (Lipinski definition) is 2. The molecule has 1 aromatic heterocycles. The Labute approximate surface area is 119 Å². The molecule has 0 amide bonds. The van der Waals surface area contributed by atoms with Crippen LogP contribution in [0.5, 0.6) is 0 Å². The van der Waals surface area contributed by atoms with Gasteiger partial charge in [0.05, 0.1) is 5.56 Å². The normalized spacial score (nSPS) is 10.9. The maximum Gasteiger partial charge on any atom is 0.337 e. The standard InChI is InChI=1S/C16H20N2O2/c1-17(2)10-11-18-9-8-14(16(19)20)15(18)12-13-6-4-3-5-7-13/h3-9H,10-12H2,1-2H3,(H,19,20). The molecular formula is C16H20N2O2. The maximum absolute atomic E-state index is 11.3. The van der Waals surface area contributed by atoms with Gasteiger partial charge in [0.1, 0.15) is 0 Å². The summed E-state index contributed by atoms with van der Waals surface area (Å²) in [5, 5.41) is 9.31. The molecule has 20 heavy (non-hydrogen) atoms. The van der Waals surface area contributed by atoms with Crippen molar-refractivity contribution in [3.05, 3.63) is 59.4 Å². The van der Waals surface area contributed by atoms with Crippen molar-refractivity contribution < 1.29 is 9.90 Å². The van der Waals surface area contributed by atoms with Gasteiger partial charge < -0.3 is 14.6 Å². The summed E-state index contributed by atoms with van der Waals surface area (Å²) in [5.74, 6) is -0.862. The third kappa shape index (κ3) is 3.48. The third-order valence-corrected chi connectivity index (χ3v) is 3.31. The van der Waals surface area contributed by atoms with Gasteiger partial charge in [-0.05, 0) is 25.7 Å². The van der Waals surface area contributed by atoms with Crippen LogP contribution in [0.15, 0.2) is 42.6 Å². The molecule has 2 aromatic rings. The van der Waals surface area contributed by atoms with Crippen molar-refractivity contribution in [2.75, 3.05) is 20.6 Å². The van der Waals surface area contributed by atoms with Crippen molar-refractivity contribution in [2.24, 2.45) is 0 Å². The molecule has 0 aliphatic carbocycles. The predicted molar refractivity (Wildman–Crippen MR) is 79.2 cm³/mol. The molecule has 0 radical (unpaired) electrons. The quantitative estimate of drug-likeness (QED) is 0.878. The zero-order valence-electron chi connectivity index (χ0n) is 11.9. The van der Waals surface area contributed by atoms with Crippen molar-refractivity contribution in [1.82, 2.24) is 9.47 Å². The van der Waals surface area contributed by atoms with E-state index in [2.05, 4.69) is 4.90 Å². The lowest BCUT2D eigenvalue weighted by atomic mass is 10.1. The first-order valence-electron chi connectivity index (χ1n) is 6.68. The number of aromatic nitrogens is 1. The molecule has 0 aliphatic rings. The van der Waals surface area contributed by atoms with Gasteiger partial charge in [-0.3, -0.25) is 0 Å². The molecule has 1 aromatic carbocycles. The Balaban J connectivity index is 2.27. The molecule has 0 aliphatic heterocycles. The summed E-state index contributed by atoms with van der Waals surface area (Å²) in [6.07, 6.45) is 2.51. The second-order valence-corrected chi connectivity index (χ2v) is 5.14. The minimum Gasteiger partial charge on any atom is -0.478 e. The molecule has 0 atom stereocenters. The smallest absolute Gasteiger partial charge is 0.337 e. The molecule has 1 heterocycles. The summed E-state index contributed by atoms with van der Waals surface area (Å²) in [5.41, 5.74) is 2.39. The number of nitrogens with zero attached hydrogens (tertiary/aromatic N) is 2. The van der Waals surface area contributed by atoms with Gasteiger partial charge in [-0.2, -0.15) is 0 Å². The molecule has 1 N–H and O–H groups in total. The van der Waals surface area contributed by atoms with E-state index >= 15 is 0 Å². The molecule has 0 saturated carbocycles. The van der Waals surface area contributed by atoms with Crippen molar-refractivity contribution >= 4 is 5.97 Å². The van der Waals surface area contributed by atoms with Gasteiger partial charge in [0.15, 0.2) is 0 Å². The molecule has 0 bridgehead atoms. The lowest BCUT2D eigenvalue weighted by Gasteiger charge is -2.14. The first-order valence-corrected chi connectivity index (χ1v) is 6.68. The van der Waals surface area contributed by atoms with Crippen LogP contribution in [0.2, 0.25) is 0 Å². The molecule has 0 fully saturated rings. The van der Waals surface area contributed by atoms with E-state index in [1.165, 1.54) is 0 Å². The fraction of sp³-hybridized carbons (Fsp3) is 0.312. The van der Waals surface area contributed by atoms with Crippen LogP contribution in [0, 0.1) is 0 Å². The highest BCUT2D eigenvalue weighted by atomic mass is 16.4. The number of likely N-dealkylation sites (N-methyl/N-ethyl adjacent to an activating group) is 1. The molecule has 4 nitrogen and oxygen atoms in total. The lowest BCUT2D eigenvalue weighted by Crippen LogP contribution is -2.19. The lowest BCUT2D eigenvalue weighted by molar-refractivity contribution is 0.0695. The van der Waals surface area contributed by atoms with Crippen molar-refractivity contribution in [2.45, 2.75) is 13.0 Å². The minimum atomic E-state index is -0.862. The van der Waals surface area contributed by atoms with Crippen LogP contribution in [-0.4, -0.2) is 41.2 Å². The highest BCUT2D eigenvalue weighted by Gasteiger charge is 2.15. The molecule has 4 heteroatoms. The van der Waals surface area contributed by atoms with Gasteiger partial charge in [0.2, 0.25) is 0 Å². The molecule has 0 spiro atoms. The zero-order chi connectivity index (χ0) is 14.5. The molecular weight excluding hydrogens is 252 g/mol. The Hall–Kier alpha value is -2.07. The minimum absolute atomic E-state index is 0.396. The summed E-state index contributed by atoms with van der Waals surface area (Å²) in [7, 11) is 4.02. The predicted octanol–water partition coefficient (Wildman–Crippen LogP) is 2.34. The van der Waals surface area contributed by atoms with Crippen molar-refractivity contribution in [3.8, 4) is 0 Å². The molecule has 0 unspecified atom stereocenters. The van der Waals surface area contributed by atoms with Crippen LogP contribution in [-0.2, 0) is 13.0 Å². The van der Waals surface area contributed by atoms with Crippen LogP contribution in [0.3, 0.4) is 0 Å². The second kappa shape index (κ2) is 6.39. The van der Waals surface area contributed by atoms with Gasteiger partial charge in [-0.1, -0.05) is 30.3 Å². The maximum atomic E-state index is 11.3. The molecule has 2 rings (SSSR count). The fourth-order valence-electron chi connectivity index (χ4n) is 2.20. The van der Waals surface area contributed by atoms with E-state index in [-0.39, 0.29) is 0 Å². The first kappa shape index (κ1) is 14.3. The third-order valence-electron chi connectivity index (χ3n) is 3.31. The Bertz CT molecular complexity index is 573. The topological polar surface area (TPSA) is 45.5 Å². The van der Waals surface area contributed by atoms with Crippen LogP contribution >= 0.6 is 0 Å². The number of carboxylic acids is 1. The van der Waals surface area contributed by atoms with E-state index in [1.54, 1.807) is 6.07 Å². The van der Waals surface area contributed by atoms with E-state index in [1.807, 2.05) is 55.2 Å².